The minimum Gasteiger partial charge on any atom is -0.341 e. The second-order valence-electron chi connectivity index (χ2n) is 4.07. The van der Waals surface area contributed by atoms with E-state index >= 15 is 0 Å². The molecule has 1 aliphatic rings. The molecule has 0 spiro atoms. The van der Waals surface area contributed by atoms with Gasteiger partial charge in [-0.25, -0.2) is 0 Å². The van der Waals surface area contributed by atoms with Crippen LogP contribution in [-0.4, -0.2) is 22.2 Å². The normalized spacial score (nSPS) is 17.1. The van der Waals surface area contributed by atoms with Gasteiger partial charge in [0, 0.05) is 26.2 Å². The molecule has 2 heterocycles. The van der Waals surface area contributed by atoms with Gasteiger partial charge in [0.25, 0.3) is 0 Å². The number of rotatable bonds is 1. The summed E-state index contributed by atoms with van der Waals surface area (Å²) in [5, 5.41) is 7.68. The van der Waals surface area contributed by atoms with Gasteiger partial charge in [-0.2, -0.15) is 5.10 Å². The number of nitrogens with zero attached hydrogens (tertiary/aromatic N) is 3. The largest absolute Gasteiger partial charge is 0.341 e. The van der Waals surface area contributed by atoms with Crippen LogP contribution in [-0.2, 0) is 7.05 Å². The van der Waals surface area contributed by atoms with Crippen LogP contribution in [0.2, 0.25) is 0 Å². The highest BCUT2D eigenvalue weighted by atomic mass is 15.3. The van der Waals surface area contributed by atoms with E-state index in [9.17, 15) is 0 Å². The van der Waals surface area contributed by atoms with Gasteiger partial charge in [-0.15, -0.1) is 0 Å². The summed E-state index contributed by atoms with van der Waals surface area (Å²) in [6.07, 6.45) is 6.82. The molecule has 1 aromatic rings. The van der Waals surface area contributed by atoms with Crippen molar-refractivity contribution in [3.8, 4) is 0 Å². The molecule has 4 heteroatoms. The zero-order chi connectivity index (χ0) is 10.7. The SMILES string of the molecule is Cc1nn(C)cc1NC1=NCCCCC1. The fourth-order valence-corrected chi connectivity index (χ4v) is 1.85. The van der Waals surface area contributed by atoms with E-state index in [1.807, 2.05) is 24.9 Å². The van der Waals surface area contributed by atoms with E-state index in [2.05, 4.69) is 15.4 Å². The lowest BCUT2D eigenvalue weighted by Crippen LogP contribution is -2.11. The van der Waals surface area contributed by atoms with E-state index in [0.717, 1.165) is 30.2 Å². The van der Waals surface area contributed by atoms with E-state index in [1.165, 1.54) is 19.3 Å². The van der Waals surface area contributed by atoms with E-state index in [1.54, 1.807) is 0 Å². The van der Waals surface area contributed by atoms with Crippen LogP contribution in [0.3, 0.4) is 0 Å². The smallest absolute Gasteiger partial charge is 0.101 e. The number of aromatic nitrogens is 2. The molecule has 0 saturated carbocycles. The topological polar surface area (TPSA) is 42.2 Å². The maximum Gasteiger partial charge on any atom is 0.101 e. The third kappa shape index (κ3) is 2.58. The molecule has 1 aromatic heterocycles. The molecule has 0 unspecified atom stereocenters. The first-order valence-corrected chi connectivity index (χ1v) is 5.56. The Kier molecular flexibility index (Phi) is 3.04. The summed E-state index contributed by atoms with van der Waals surface area (Å²) in [7, 11) is 1.94. The van der Waals surface area contributed by atoms with Gasteiger partial charge >= 0.3 is 0 Å². The molecular formula is C11H18N4. The van der Waals surface area contributed by atoms with Gasteiger partial charge in [0.15, 0.2) is 0 Å². The summed E-state index contributed by atoms with van der Waals surface area (Å²) in [5.74, 6) is 1.11. The van der Waals surface area contributed by atoms with Crippen LogP contribution in [0.1, 0.15) is 31.4 Å². The van der Waals surface area contributed by atoms with Crippen molar-refractivity contribution in [1.29, 1.82) is 0 Å². The molecule has 0 aliphatic carbocycles. The van der Waals surface area contributed by atoms with Gasteiger partial charge in [0.05, 0.1) is 11.4 Å². The fourth-order valence-electron chi connectivity index (χ4n) is 1.85. The van der Waals surface area contributed by atoms with E-state index in [-0.39, 0.29) is 0 Å². The Bertz CT molecular complexity index is 365. The lowest BCUT2D eigenvalue weighted by atomic mass is 10.2. The molecule has 0 amide bonds. The van der Waals surface area contributed by atoms with Crippen LogP contribution in [0.4, 0.5) is 5.69 Å². The van der Waals surface area contributed by atoms with Crippen molar-refractivity contribution >= 4 is 11.5 Å². The maximum atomic E-state index is 4.54. The van der Waals surface area contributed by atoms with Crippen LogP contribution in [0.15, 0.2) is 11.2 Å². The van der Waals surface area contributed by atoms with Gasteiger partial charge in [0.2, 0.25) is 0 Å². The van der Waals surface area contributed by atoms with Crippen LogP contribution in [0.25, 0.3) is 0 Å². The molecule has 0 aromatic carbocycles. The Labute approximate surface area is 90.4 Å². The van der Waals surface area contributed by atoms with Crippen molar-refractivity contribution in [2.24, 2.45) is 12.0 Å². The standard InChI is InChI=1S/C11H18N4/c1-9-10(8-15(2)14-9)13-11-6-4-3-5-7-12-11/h8H,3-7H2,1-2H3,(H,12,13). The molecule has 4 nitrogen and oxygen atoms in total. The highest BCUT2D eigenvalue weighted by Crippen LogP contribution is 2.14. The number of hydrogen-bond acceptors (Lipinski definition) is 3. The average molecular weight is 206 g/mol. The molecule has 15 heavy (non-hydrogen) atoms. The van der Waals surface area contributed by atoms with Crippen molar-refractivity contribution in [2.45, 2.75) is 32.6 Å². The zero-order valence-corrected chi connectivity index (χ0v) is 9.45. The molecule has 0 saturated heterocycles. The second-order valence-corrected chi connectivity index (χ2v) is 4.07. The molecular weight excluding hydrogens is 188 g/mol. The average Bonchev–Trinajstić information content (AvgIpc) is 2.44. The molecule has 0 radical (unpaired) electrons. The summed E-state index contributed by atoms with van der Waals surface area (Å²) >= 11 is 0. The molecule has 82 valence electrons. The van der Waals surface area contributed by atoms with Crippen LogP contribution >= 0.6 is 0 Å². The monoisotopic (exact) mass is 206 g/mol. The zero-order valence-electron chi connectivity index (χ0n) is 9.45. The number of hydrogen-bond donors (Lipinski definition) is 1. The number of nitrogens with one attached hydrogen (secondary N) is 1. The number of aryl methyl sites for hydroxylation is 2. The lowest BCUT2D eigenvalue weighted by Gasteiger charge is -2.06. The molecule has 0 bridgehead atoms. The summed E-state index contributed by atoms with van der Waals surface area (Å²) in [4.78, 5) is 4.54. The Morgan fingerprint density at radius 2 is 2.20 bits per heavy atom. The highest BCUT2D eigenvalue weighted by Gasteiger charge is 2.07. The van der Waals surface area contributed by atoms with Crippen LogP contribution in [0, 0.1) is 6.92 Å². The molecule has 1 N–H and O–H groups in total. The van der Waals surface area contributed by atoms with Crippen LogP contribution in [0.5, 0.6) is 0 Å². The molecule has 0 fully saturated rings. The summed E-state index contributed by atoms with van der Waals surface area (Å²) in [6, 6.07) is 0. The fraction of sp³-hybridized carbons (Fsp3) is 0.636. The molecule has 0 atom stereocenters. The third-order valence-corrected chi connectivity index (χ3v) is 2.67. The maximum absolute atomic E-state index is 4.54. The lowest BCUT2D eigenvalue weighted by molar-refractivity contribution is 0.731. The van der Waals surface area contributed by atoms with Gasteiger partial charge in [0.1, 0.15) is 5.84 Å². The summed E-state index contributed by atoms with van der Waals surface area (Å²) in [5.41, 5.74) is 2.11. The quantitative estimate of drug-likeness (QED) is 0.764. The highest BCUT2D eigenvalue weighted by molar-refractivity contribution is 5.95. The van der Waals surface area contributed by atoms with Gasteiger partial charge in [-0.3, -0.25) is 9.67 Å². The Balaban J connectivity index is 2.07. The van der Waals surface area contributed by atoms with Crippen molar-refractivity contribution in [3.63, 3.8) is 0 Å². The molecule has 1 aliphatic heterocycles. The minimum absolute atomic E-state index is 0.960. The van der Waals surface area contributed by atoms with Gasteiger partial charge in [-0.1, -0.05) is 6.42 Å². The van der Waals surface area contributed by atoms with Gasteiger partial charge < -0.3 is 5.32 Å². The molecule has 2 rings (SSSR count). The predicted molar refractivity (Wildman–Crippen MR) is 62.3 cm³/mol. The van der Waals surface area contributed by atoms with Crippen molar-refractivity contribution < 1.29 is 0 Å². The Morgan fingerprint density at radius 1 is 1.33 bits per heavy atom. The summed E-state index contributed by atoms with van der Waals surface area (Å²) in [6.45, 7) is 2.97. The van der Waals surface area contributed by atoms with Gasteiger partial charge in [-0.05, 0) is 19.8 Å². The summed E-state index contributed by atoms with van der Waals surface area (Å²) < 4.78 is 1.83. The predicted octanol–water partition coefficient (Wildman–Crippen LogP) is 2.11. The first-order valence-electron chi connectivity index (χ1n) is 5.56. The van der Waals surface area contributed by atoms with Crippen LogP contribution < -0.4 is 5.32 Å². The number of aliphatic imine (C=N–C) groups is 1. The van der Waals surface area contributed by atoms with E-state index in [4.69, 9.17) is 0 Å². The number of amidine groups is 1. The number of anilines is 1. The Hall–Kier alpha value is -1.32. The van der Waals surface area contributed by atoms with Crippen molar-refractivity contribution in [2.75, 3.05) is 11.9 Å². The Morgan fingerprint density at radius 3 is 2.93 bits per heavy atom. The second kappa shape index (κ2) is 4.47. The van der Waals surface area contributed by atoms with E-state index in [0.29, 0.717) is 0 Å². The van der Waals surface area contributed by atoms with E-state index < -0.39 is 0 Å². The first-order chi connectivity index (χ1) is 7.25. The third-order valence-electron chi connectivity index (χ3n) is 2.67. The first kappa shape index (κ1) is 10.2. The van der Waals surface area contributed by atoms with Crippen molar-refractivity contribution in [1.82, 2.24) is 9.78 Å². The minimum atomic E-state index is 0.960. The van der Waals surface area contributed by atoms with Crippen molar-refractivity contribution in [3.05, 3.63) is 11.9 Å².